The predicted octanol–water partition coefficient (Wildman–Crippen LogP) is 1.28. The third kappa shape index (κ3) is 2.42. The van der Waals surface area contributed by atoms with Gasteiger partial charge in [-0.15, -0.1) is 11.3 Å². The van der Waals surface area contributed by atoms with Crippen LogP contribution in [0.4, 0.5) is 5.13 Å². The van der Waals surface area contributed by atoms with E-state index < -0.39 is 0 Å². The van der Waals surface area contributed by atoms with Crippen molar-refractivity contribution in [2.45, 2.75) is 24.8 Å². The molecule has 1 aromatic rings. The molecule has 0 aromatic carbocycles. The summed E-state index contributed by atoms with van der Waals surface area (Å²) >= 11 is 1.71. The number of hydrogen-bond donors (Lipinski definition) is 0. The summed E-state index contributed by atoms with van der Waals surface area (Å²) in [6.45, 7) is 3.75. The molecule has 0 atom stereocenters. The van der Waals surface area contributed by atoms with Crippen LogP contribution in [0.3, 0.4) is 0 Å². The van der Waals surface area contributed by atoms with E-state index in [1.54, 1.807) is 16.2 Å². The molecule has 2 aliphatic heterocycles. The van der Waals surface area contributed by atoms with Crippen molar-refractivity contribution < 1.29 is 4.79 Å². The number of nitrogens with zero attached hydrogens (tertiary/aromatic N) is 4. The Bertz CT molecular complexity index is 466. The molecule has 6 heteroatoms. The first-order chi connectivity index (χ1) is 9.61. The zero-order valence-corrected chi connectivity index (χ0v) is 13.0. The van der Waals surface area contributed by atoms with Gasteiger partial charge in [0.2, 0.25) is 5.91 Å². The van der Waals surface area contributed by atoms with Crippen molar-refractivity contribution in [3.8, 4) is 0 Å². The van der Waals surface area contributed by atoms with Crippen LogP contribution >= 0.6 is 11.3 Å². The van der Waals surface area contributed by atoms with Crippen molar-refractivity contribution >= 4 is 22.4 Å². The Morgan fingerprint density at radius 2 is 2.05 bits per heavy atom. The number of carbonyl (C=O) groups is 1. The Kier molecular flexibility index (Phi) is 3.69. The minimum absolute atomic E-state index is 0.214. The van der Waals surface area contributed by atoms with Gasteiger partial charge in [-0.3, -0.25) is 9.69 Å². The number of piperidine rings is 1. The number of likely N-dealkylation sites (N-methyl/N-ethyl adjacent to an activating group) is 1. The standard InChI is InChI=1S/C14H22N4OS/c1-16(2)12(19)11-18-9-5-14(18)3-7-17(8-4-14)13-15-6-10-20-13/h6,10H,3-5,7-9,11H2,1-2H3. The first-order valence-electron chi connectivity index (χ1n) is 7.20. The molecule has 1 aromatic heterocycles. The Labute approximate surface area is 124 Å². The molecule has 0 N–H and O–H groups in total. The molecular formula is C14H22N4OS. The number of aromatic nitrogens is 1. The second-order valence-corrected chi connectivity index (χ2v) is 6.86. The lowest BCUT2D eigenvalue weighted by molar-refractivity contribution is -0.136. The number of amides is 1. The molecule has 0 saturated carbocycles. The van der Waals surface area contributed by atoms with E-state index in [1.807, 2.05) is 25.7 Å². The van der Waals surface area contributed by atoms with Crippen LogP contribution in [0.1, 0.15) is 19.3 Å². The first kappa shape index (κ1) is 13.8. The van der Waals surface area contributed by atoms with E-state index in [2.05, 4.69) is 14.8 Å². The van der Waals surface area contributed by atoms with Crippen molar-refractivity contribution in [1.29, 1.82) is 0 Å². The summed E-state index contributed by atoms with van der Waals surface area (Å²) in [6.07, 6.45) is 5.40. The van der Waals surface area contributed by atoms with E-state index in [1.165, 1.54) is 6.42 Å². The third-order valence-corrected chi connectivity index (χ3v) is 5.56. The van der Waals surface area contributed by atoms with Gasteiger partial charge in [0.25, 0.3) is 0 Å². The number of carbonyl (C=O) groups excluding carboxylic acids is 1. The average Bonchev–Trinajstić information content (AvgIpc) is 2.97. The highest BCUT2D eigenvalue weighted by Crippen LogP contribution is 2.40. The van der Waals surface area contributed by atoms with Gasteiger partial charge in [-0.25, -0.2) is 4.98 Å². The fourth-order valence-electron chi connectivity index (χ4n) is 3.19. The molecule has 0 aliphatic carbocycles. The molecule has 2 saturated heterocycles. The molecule has 3 rings (SSSR count). The summed E-state index contributed by atoms with van der Waals surface area (Å²) < 4.78 is 0. The number of likely N-dealkylation sites (tertiary alicyclic amines) is 1. The molecule has 0 radical (unpaired) electrons. The largest absolute Gasteiger partial charge is 0.348 e. The quantitative estimate of drug-likeness (QED) is 0.842. The van der Waals surface area contributed by atoms with E-state index in [0.29, 0.717) is 6.54 Å². The molecule has 0 unspecified atom stereocenters. The summed E-state index contributed by atoms with van der Waals surface area (Å²) in [4.78, 5) is 22.7. The minimum Gasteiger partial charge on any atom is -0.348 e. The molecule has 20 heavy (non-hydrogen) atoms. The molecule has 1 spiro atoms. The van der Waals surface area contributed by atoms with Gasteiger partial charge in [0, 0.05) is 50.8 Å². The molecule has 2 fully saturated rings. The summed E-state index contributed by atoms with van der Waals surface area (Å²) in [5, 5.41) is 3.17. The predicted molar refractivity (Wildman–Crippen MR) is 81.2 cm³/mol. The SMILES string of the molecule is CN(C)C(=O)CN1CCC12CCN(c1nccs1)CC2. The average molecular weight is 294 g/mol. The summed E-state index contributed by atoms with van der Waals surface area (Å²) in [7, 11) is 3.67. The van der Waals surface area contributed by atoms with Gasteiger partial charge in [0.15, 0.2) is 5.13 Å². The highest BCUT2D eigenvalue weighted by Gasteiger charge is 2.47. The van der Waals surface area contributed by atoms with Crippen LogP contribution < -0.4 is 4.90 Å². The fraction of sp³-hybridized carbons (Fsp3) is 0.714. The second kappa shape index (κ2) is 5.33. The Hall–Kier alpha value is -1.14. The summed E-state index contributed by atoms with van der Waals surface area (Å²) in [5.41, 5.74) is 0.277. The Morgan fingerprint density at radius 1 is 1.35 bits per heavy atom. The van der Waals surface area contributed by atoms with Crippen molar-refractivity contribution in [3.05, 3.63) is 11.6 Å². The van der Waals surface area contributed by atoms with Crippen molar-refractivity contribution in [2.24, 2.45) is 0 Å². The number of rotatable bonds is 3. The van der Waals surface area contributed by atoms with Gasteiger partial charge in [-0.05, 0) is 19.3 Å². The molecule has 5 nitrogen and oxygen atoms in total. The lowest BCUT2D eigenvalue weighted by atomic mass is 9.76. The number of thiazole rings is 1. The maximum absolute atomic E-state index is 11.9. The van der Waals surface area contributed by atoms with Gasteiger partial charge in [0.05, 0.1) is 6.54 Å². The molecule has 2 aliphatic rings. The Balaban J connectivity index is 1.58. The maximum atomic E-state index is 11.9. The minimum atomic E-state index is 0.214. The topological polar surface area (TPSA) is 39.7 Å². The monoisotopic (exact) mass is 294 g/mol. The molecule has 3 heterocycles. The fourth-order valence-corrected chi connectivity index (χ4v) is 3.89. The van der Waals surface area contributed by atoms with Crippen LogP contribution in [0, 0.1) is 0 Å². The molecular weight excluding hydrogens is 272 g/mol. The van der Waals surface area contributed by atoms with Crippen LogP contribution in [-0.2, 0) is 4.79 Å². The summed E-state index contributed by atoms with van der Waals surface area (Å²) in [5.74, 6) is 0.214. The molecule has 110 valence electrons. The second-order valence-electron chi connectivity index (χ2n) is 5.99. The normalized spacial score (nSPS) is 21.8. The van der Waals surface area contributed by atoms with Gasteiger partial charge >= 0.3 is 0 Å². The lowest BCUT2D eigenvalue weighted by Crippen LogP contribution is -2.65. The van der Waals surface area contributed by atoms with Gasteiger partial charge in [-0.1, -0.05) is 0 Å². The molecule has 0 bridgehead atoms. The van der Waals surface area contributed by atoms with Crippen molar-refractivity contribution in [1.82, 2.24) is 14.8 Å². The third-order valence-electron chi connectivity index (χ3n) is 4.73. The highest BCUT2D eigenvalue weighted by atomic mass is 32.1. The van der Waals surface area contributed by atoms with Crippen LogP contribution in [0.25, 0.3) is 0 Å². The zero-order valence-electron chi connectivity index (χ0n) is 12.2. The number of hydrogen-bond acceptors (Lipinski definition) is 5. The van der Waals surface area contributed by atoms with Gasteiger partial charge in [-0.2, -0.15) is 0 Å². The van der Waals surface area contributed by atoms with E-state index in [4.69, 9.17) is 0 Å². The maximum Gasteiger partial charge on any atom is 0.236 e. The Morgan fingerprint density at radius 3 is 2.55 bits per heavy atom. The van der Waals surface area contributed by atoms with Gasteiger partial charge < -0.3 is 9.80 Å². The van der Waals surface area contributed by atoms with Crippen LogP contribution in [-0.4, -0.2) is 66.5 Å². The first-order valence-corrected chi connectivity index (χ1v) is 8.08. The van der Waals surface area contributed by atoms with Crippen LogP contribution in [0.15, 0.2) is 11.6 Å². The van der Waals surface area contributed by atoms with Crippen LogP contribution in [0.2, 0.25) is 0 Å². The van der Waals surface area contributed by atoms with E-state index in [9.17, 15) is 4.79 Å². The van der Waals surface area contributed by atoms with E-state index in [-0.39, 0.29) is 11.4 Å². The smallest absolute Gasteiger partial charge is 0.236 e. The van der Waals surface area contributed by atoms with Gasteiger partial charge in [0.1, 0.15) is 0 Å². The lowest BCUT2D eigenvalue weighted by Gasteiger charge is -2.56. The highest BCUT2D eigenvalue weighted by molar-refractivity contribution is 7.13. The molecule has 1 amide bonds. The van der Waals surface area contributed by atoms with Crippen molar-refractivity contribution in [2.75, 3.05) is 45.2 Å². The summed E-state index contributed by atoms with van der Waals surface area (Å²) in [6, 6.07) is 0. The van der Waals surface area contributed by atoms with Crippen LogP contribution in [0.5, 0.6) is 0 Å². The zero-order chi connectivity index (χ0) is 14.2. The van der Waals surface area contributed by atoms with Crippen molar-refractivity contribution in [3.63, 3.8) is 0 Å². The van der Waals surface area contributed by atoms with E-state index >= 15 is 0 Å². The van der Waals surface area contributed by atoms with E-state index in [0.717, 1.165) is 37.6 Å². The number of anilines is 1.